The Labute approximate surface area is 138 Å². The Morgan fingerprint density at radius 1 is 1.08 bits per heavy atom. The number of para-hydroxylation sites is 1. The van der Waals surface area contributed by atoms with Gasteiger partial charge in [-0.3, -0.25) is 4.79 Å². The van der Waals surface area contributed by atoms with Crippen molar-refractivity contribution in [2.45, 2.75) is 6.92 Å². The van der Waals surface area contributed by atoms with Crippen LogP contribution in [0.4, 0.5) is 0 Å². The van der Waals surface area contributed by atoms with Crippen LogP contribution in [0.15, 0.2) is 60.8 Å². The van der Waals surface area contributed by atoms with E-state index in [9.17, 15) is 4.79 Å². The number of ether oxygens (including phenoxy) is 1. The van der Waals surface area contributed by atoms with Crippen LogP contribution in [0.2, 0.25) is 0 Å². The van der Waals surface area contributed by atoms with E-state index in [-0.39, 0.29) is 0 Å². The molecule has 1 N–H and O–H groups in total. The van der Waals surface area contributed by atoms with Crippen molar-refractivity contribution in [3.8, 4) is 23.0 Å². The Balaban J connectivity index is 1.84. The number of H-pyrrole nitrogens is 1. The fourth-order valence-electron chi connectivity index (χ4n) is 2.78. The highest BCUT2D eigenvalue weighted by Gasteiger charge is 2.13. The van der Waals surface area contributed by atoms with E-state index in [4.69, 9.17) is 4.74 Å². The van der Waals surface area contributed by atoms with Crippen LogP contribution in [0.1, 0.15) is 5.56 Å². The van der Waals surface area contributed by atoms with Gasteiger partial charge in [0.15, 0.2) is 11.6 Å². The van der Waals surface area contributed by atoms with E-state index in [0.29, 0.717) is 17.7 Å². The molecule has 5 heteroatoms. The maximum Gasteiger partial charge on any atom is 0.298 e. The van der Waals surface area contributed by atoms with E-state index >= 15 is 0 Å². The number of nitrogens with one attached hydrogen (secondary N) is 1. The number of carbonyl (C=O) groups is 1. The average molecular weight is 317 g/mol. The first-order chi connectivity index (χ1) is 11.8. The Morgan fingerprint density at radius 2 is 1.92 bits per heavy atom. The highest BCUT2D eigenvalue weighted by Crippen LogP contribution is 2.28. The predicted molar refractivity (Wildman–Crippen MR) is 92.3 cm³/mol. The van der Waals surface area contributed by atoms with Gasteiger partial charge in [0.05, 0.1) is 11.2 Å². The van der Waals surface area contributed by atoms with Gasteiger partial charge in [0, 0.05) is 11.9 Å². The summed E-state index contributed by atoms with van der Waals surface area (Å²) in [6.07, 6.45) is 2.00. The maximum absolute atomic E-state index is 10.7. The molecule has 0 amide bonds. The largest absolute Gasteiger partial charge is 0.426 e. The summed E-state index contributed by atoms with van der Waals surface area (Å²) in [5.74, 6) is 1.16. The van der Waals surface area contributed by atoms with Crippen LogP contribution in [0.5, 0.6) is 5.75 Å². The molecule has 0 aliphatic heterocycles. The molecule has 2 heterocycles. The summed E-state index contributed by atoms with van der Waals surface area (Å²) in [4.78, 5) is 18.6. The van der Waals surface area contributed by atoms with Crippen molar-refractivity contribution in [2.24, 2.45) is 0 Å². The number of benzene rings is 2. The normalized spacial score (nSPS) is 10.9. The molecule has 0 atom stereocenters. The third kappa shape index (κ3) is 2.36. The zero-order valence-corrected chi connectivity index (χ0v) is 13.1. The van der Waals surface area contributed by atoms with Crippen LogP contribution in [0, 0.1) is 6.92 Å². The lowest BCUT2D eigenvalue weighted by Crippen LogP contribution is -1.96. The number of hydrogen-bond donors (Lipinski definition) is 1. The molecule has 4 rings (SSSR count). The number of aromatic amines is 1. The van der Waals surface area contributed by atoms with Gasteiger partial charge >= 0.3 is 0 Å². The van der Waals surface area contributed by atoms with Gasteiger partial charge in [-0.1, -0.05) is 23.8 Å². The molecular weight excluding hydrogens is 302 g/mol. The first kappa shape index (κ1) is 14.3. The molecule has 0 bridgehead atoms. The van der Waals surface area contributed by atoms with Crippen LogP contribution in [-0.2, 0) is 4.79 Å². The van der Waals surface area contributed by atoms with Crippen LogP contribution in [-0.4, -0.2) is 21.0 Å². The number of rotatable bonds is 4. The van der Waals surface area contributed by atoms with Gasteiger partial charge in [-0.15, -0.1) is 0 Å². The molecule has 0 spiro atoms. The standard InChI is InChI=1S/C19H15N3O2/c1-13-7-9-14(10-8-13)22-11-3-5-16(22)19-20-15-4-2-6-17(24-12-23)18(15)21-19/h2-12H,1H3,(H,20,21). The summed E-state index contributed by atoms with van der Waals surface area (Å²) in [6.45, 7) is 2.48. The van der Waals surface area contributed by atoms with E-state index in [2.05, 4.69) is 45.7 Å². The summed E-state index contributed by atoms with van der Waals surface area (Å²) in [5, 5.41) is 0. The topological polar surface area (TPSA) is 59.9 Å². The zero-order valence-electron chi connectivity index (χ0n) is 13.1. The van der Waals surface area contributed by atoms with Crippen LogP contribution in [0.25, 0.3) is 28.2 Å². The van der Waals surface area contributed by atoms with E-state index < -0.39 is 0 Å². The number of imidazole rings is 1. The number of hydrogen-bond acceptors (Lipinski definition) is 3. The van der Waals surface area contributed by atoms with Crippen molar-refractivity contribution in [3.63, 3.8) is 0 Å². The summed E-state index contributed by atoms with van der Waals surface area (Å²) >= 11 is 0. The Morgan fingerprint density at radius 3 is 2.71 bits per heavy atom. The summed E-state index contributed by atoms with van der Waals surface area (Å²) in [5.41, 5.74) is 4.67. The number of carbonyl (C=O) groups excluding carboxylic acids is 1. The SMILES string of the molecule is Cc1ccc(-n2cccc2-c2nc3c(OC=O)cccc3[nH]2)cc1. The third-order valence-corrected chi connectivity index (χ3v) is 3.95. The molecule has 4 aromatic rings. The van der Waals surface area contributed by atoms with Gasteiger partial charge in [0.25, 0.3) is 6.47 Å². The maximum atomic E-state index is 10.7. The van der Waals surface area contributed by atoms with E-state index in [1.807, 2.05) is 30.5 Å². The third-order valence-electron chi connectivity index (χ3n) is 3.95. The van der Waals surface area contributed by atoms with Crippen LogP contribution >= 0.6 is 0 Å². The highest BCUT2D eigenvalue weighted by molar-refractivity contribution is 5.85. The minimum Gasteiger partial charge on any atom is -0.426 e. The van der Waals surface area contributed by atoms with Gasteiger partial charge in [0.1, 0.15) is 5.52 Å². The van der Waals surface area contributed by atoms with E-state index in [1.54, 1.807) is 6.07 Å². The molecule has 0 saturated carbocycles. The molecule has 118 valence electrons. The number of aromatic nitrogens is 3. The molecule has 5 nitrogen and oxygen atoms in total. The van der Waals surface area contributed by atoms with Crippen LogP contribution in [0.3, 0.4) is 0 Å². The van der Waals surface area contributed by atoms with E-state index in [0.717, 1.165) is 22.7 Å². The lowest BCUT2D eigenvalue weighted by Gasteiger charge is -2.07. The first-order valence-electron chi connectivity index (χ1n) is 7.60. The van der Waals surface area contributed by atoms with Gasteiger partial charge in [0.2, 0.25) is 0 Å². The van der Waals surface area contributed by atoms with Gasteiger partial charge < -0.3 is 14.3 Å². The number of nitrogens with zero attached hydrogens (tertiary/aromatic N) is 2. The fraction of sp³-hybridized carbons (Fsp3) is 0.0526. The highest BCUT2D eigenvalue weighted by atomic mass is 16.5. The monoisotopic (exact) mass is 317 g/mol. The average Bonchev–Trinajstić information content (AvgIpc) is 3.22. The van der Waals surface area contributed by atoms with Crippen molar-refractivity contribution in [1.82, 2.24) is 14.5 Å². The fourth-order valence-corrected chi connectivity index (χ4v) is 2.78. The lowest BCUT2D eigenvalue weighted by molar-refractivity contribution is -0.120. The van der Waals surface area contributed by atoms with Gasteiger partial charge in [-0.2, -0.15) is 0 Å². The summed E-state index contributed by atoms with van der Waals surface area (Å²) in [7, 11) is 0. The minimum absolute atomic E-state index is 0.415. The Bertz CT molecular complexity index is 1010. The Kier molecular flexibility index (Phi) is 3.39. The second-order valence-corrected chi connectivity index (χ2v) is 5.55. The number of aryl methyl sites for hydroxylation is 1. The molecule has 24 heavy (non-hydrogen) atoms. The smallest absolute Gasteiger partial charge is 0.298 e. The molecule has 0 aliphatic rings. The summed E-state index contributed by atoms with van der Waals surface area (Å²) < 4.78 is 7.07. The van der Waals surface area contributed by atoms with Gasteiger partial charge in [-0.05, 0) is 43.3 Å². The molecule has 0 saturated heterocycles. The first-order valence-corrected chi connectivity index (χ1v) is 7.60. The zero-order chi connectivity index (χ0) is 16.5. The van der Waals surface area contributed by atoms with Gasteiger partial charge in [-0.25, -0.2) is 4.98 Å². The molecule has 0 unspecified atom stereocenters. The molecule has 2 aromatic carbocycles. The number of fused-ring (bicyclic) bond motifs is 1. The predicted octanol–water partition coefficient (Wildman–Crippen LogP) is 3.86. The van der Waals surface area contributed by atoms with Crippen molar-refractivity contribution in [3.05, 3.63) is 66.4 Å². The molecule has 2 aromatic heterocycles. The molecule has 0 radical (unpaired) electrons. The summed E-state index contributed by atoms with van der Waals surface area (Å²) in [6, 6.07) is 17.7. The second-order valence-electron chi connectivity index (χ2n) is 5.55. The van der Waals surface area contributed by atoms with E-state index in [1.165, 1.54) is 5.56 Å². The van der Waals surface area contributed by atoms with Crippen molar-refractivity contribution in [1.29, 1.82) is 0 Å². The van der Waals surface area contributed by atoms with Crippen molar-refractivity contribution < 1.29 is 9.53 Å². The lowest BCUT2D eigenvalue weighted by atomic mass is 10.2. The Hall–Kier alpha value is -3.34. The van der Waals surface area contributed by atoms with Crippen LogP contribution < -0.4 is 4.74 Å². The minimum atomic E-state index is 0.415. The molecule has 0 fully saturated rings. The molecule has 0 aliphatic carbocycles. The molecular formula is C19H15N3O2. The quantitative estimate of drug-likeness (QED) is 0.581. The second kappa shape index (κ2) is 5.70. The van der Waals surface area contributed by atoms with Crippen molar-refractivity contribution in [2.75, 3.05) is 0 Å². The van der Waals surface area contributed by atoms with Crippen molar-refractivity contribution >= 4 is 17.5 Å².